The minimum absolute atomic E-state index is 0.00240. The second kappa shape index (κ2) is 18.6. The first-order valence-corrected chi connectivity index (χ1v) is 19.9. The molecule has 288 valence electrons. The summed E-state index contributed by atoms with van der Waals surface area (Å²) in [5.41, 5.74) is 2.76. The smallest absolute Gasteiger partial charge is 0.421 e. The molecule has 0 saturated carbocycles. The Morgan fingerprint density at radius 2 is 1.65 bits per heavy atom. The van der Waals surface area contributed by atoms with E-state index in [9.17, 15) is 22.8 Å². The zero-order valence-corrected chi connectivity index (χ0v) is 32.3. The van der Waals surface area contributed by atoms with Gasteiger partial charge in [-0.2, -0.15) is 0 Å². The first kappa shape index (κ1) is 40.5. The normalized spacial score (nSPS) is 11.4. The van der Waals surface area contributed by atoms with Crippen molar-refractivity contribution in [2.24, 2.45) is 5.92 Å². The number of benzene rings is 3. The SMILES string of the molecule is CCCc1nc(CC)c(C(=O)CCN(C(=O)c2ccncc2)c2ccccc2)n1Cc1ccc(-c2ccccc2S(=O)(=O)NC(=O)OCCC(C)C)cc1F. The molecule has 0 radical (unpaired) electrons. The van der Waals surface area contributed by atoms with Gasteiger partial charge in [0.25, 0.3) is 15.9 Å². The van der Waals surface area contributed by atoms with Crippen molar-refractivity contribution in [3.05, 3.63) is 131 Å². The van der Waals surface area contributed by atoms with Gasteiger partial charge >= 0.3 is 6.09 Å². The van der Waals surface area contributed by atoms with Gasteiger partial charge in [0.15, 0.2) is 5.78 Å². The van der Waals surface area contributed by atoms with Gasteiger partial charge in [-0.3, -0.25) is 14.6 Å². The van der Waals surface area contributed by atoms with Crippen LogP contribution in [0.4, 0.5) is 14.9 Å². The van der Waals surface area contributed by atoms with Gasteiger partial charge < -0.3 is 14.2 Å². The lowest BCUT2D eigenvalue weighted by molar-refractivity contribution is 0.0961. The summed E-state index contributed by atoms with van der Waals surface area (Å²) in [6, 6.07) is 22.8. The molecule has 3 aromatic carbocycles. The summed E-state index contributed by atoms with van der Waals surface area (Å²) in [5.74, 6) is -0.215. The maximum absolute atomic E-state index is 16.1. The van der Waals surface area contributed by atoms with Crippen LogP contribution >= 0.6 is 0 Å². The lowest BCUT2D eigenvalue weighted by Crippen LogP contribution is -2.33. The number of hydrogen-bond donors (Lipinski definition) is 1. The predicted octanol–water partition coefficient (Wildman–Crippen LogP) is 8.03. The number of pyridine rings is 1. The Kier molecular flexibility index (Phi) is 13.7. The quantitative estimate of drug-likeness (QED) is 0.0939. The third-order valence-electron chi connectivity index (χ3n) is 9.01. The number of aryl methyl sites for hydroxylation is 2. The average Bonchev–Trinajstić information content (AvgIpc) is 3.52. The van der Waals surface area contributed by atoms with E-state index in [2.05, 4.69) is 4.98 Å². The summed E-state index contributed by atoms with van der Waals surface area (Å²) in [6.45, 7) is 7.97. The van der Waals surface area contributed by atoms with Gasteiger partial charge in [-0.1, -0.05) is 76.2 Å². The summed E-state index contributed by atoms with van der Waals surface area (Å²) >= 11 is 0. The number of para-hydroxylation sites is 1. The van der Waals surface area contributed by atoms with Crippen LogP contribution in [0.2, 0.25) is 0 Å². The van der Waals surface area contributed by atoms with Crippen LogP contribution < -0.4 is 9.62 Å². The number of sulfonamides is 1. The Morgan fingerprint density at radius 3 is 2.33 bits per heavy atom. The van der Waals surface area contributed by atoms with Gasteiger partial charge in [-0.15, -0.1) is 0 Å². The Balaban J connectivity index is 1.42. The average molecular weight is 768 g/mol. The number of nitrogens with one attached hydrogen (secondary N) is 1. The maximum atomic E-state index is 16.1. The number of carbonyl (C=O) groups is 3. The summed E-state index contributed by atoms with van der Waals surface area (Å²) in [5, 5.41) is 0. The minimum Gasteiger partial charge on any atom is -0.449 e. The third kappa shape index (κ3) is 10.1. The van der Waals surface area contributed by atoms with Gasteiger partial charge in [0.2, 0.25) is 0 Å². The van der Waals surface area contributed by atoms with Crippen LogP contribution in [0.1, 0.15) is 84.9 Å². The summed E-state index contributed by atoms with van der Waals surface area (Å²) in [6.07, 6.45) is 4.31. The summed E-state index contributed by atoms with van der Waals surface area (Å²) in [7, 11) is -4.36. The number of Topliss-reactive ketones (excluding diaryl/α,β-unsaturated/α-hetero) is 1. The molecule has 0 fully saturated rings. The highest BCUT2D eigenvalue weighted by Gasteiger charge is 2.26. The Labute approximate surface area is 321 Å². The molecule has 0 unspecified atom stereocenters. The fourth-order valence-electron chi connectivity index (χ4n) is 6.17. The molecule has 2 heterocycles. The molecule has 5 rings (SSSR count). The molecule has 11 nitrogen and oxygen atoms in total. The van der Waals surface area contributed by atoms with Crippen molar-refractivity contribution in [1.82, 2.24) is 19.3 Å². The second-order valence-corrected chi connectivity index (χ2v) is 15.1. The van der Waals surface area contributed by atoms with Gasteiger partial charge in [0.05, 0.1) is 23.7 Å². The van der Waals surface area contributed by atoms with Crippen molar-refractivity contribution in [3.8, 4) is 11.1 Å². The minimum atomic E-state index is -4.36. The van der Waals surface area contributed by atoms with Crippen LogP contribution in [0.3, 0.4) is 0 Å². The van der Waals surface area contributed by atoms with Crippen molar-refractivity contribution in [2.75, 3.05) is 18.1 Å². The van der Waals surface area contributed by atoms with Crippen LogP contribution in [-0.2, 0) is 34.1 Å². The number of carbonyl (C=O) groups excluding carboxylic acids is 3. The lowest BCUT2D eigenvalue weighted by atomic mass is 10.0. The third-order valence-corrected chi connectivity index (χ3v) is 10.4. The Hall–Kier alpha value is -5.69. The van der Waals surface area contributed by atoms with Crippen LogP contribution in [0.15, 0.2) is 102 Å². The molecule has 2 amide bonds. The van der Waals surface area contributed by atoms with E-state index in [1.165, 1.54) is 24.3 Å². The summed E-state index contributed by atoms with van der Waals surface area (Å²) in [4.78, 5) is 50.3. The van der Waals surface area contributed by atoms with E-state index in [0.717, 1.165) is 6.42 Å². The van der Waals surface area contributed by atoms with E-state index in [-0.39, 0.29) is 65.3 Å². The topological polar surface area (TPSA) is 141 Å². The zero-order valence-electron chi connectivity index (χ0n) is 31.5. The molecule has 0 saturated heterocycles. The molecule has 0 bridgehead atoms. The van der Waals surface area contributed by atoms with Crippen LogP contribution in [0, 0.1) is 11.7 Å². The van der Waals surface area contributed by atoms with E-state index >= 15 is 4.39 Å². The Morgan fingerprint density at radius 1 is 0.945 bits per heavy atom. The number of hydrogen-bond acceptors (Lipinski definition) is 8. The molecular weight excluding hydrogens is 722 g/mol. The van der Waals surface area contributed by atoms with Gasteiger partial charge in [0, 0.05) is 54.2 Å². The molecule has 55 heavy (non-hydrogen) atoms. The maximum Gasteiger partial charge on any atom is 0.421 e. The molecule has 5 aromatic rings. The highest BCUT2D eigenvalue weighted by molar-refractivity contribution is 7.90. The molecule has 0 aliphatic rings. The van der Waals surface area contributed by atoms with Crippen molar-refractivity contribution < 1.29 is 31.9 Å². The largest absolute Gasteiger partial charge is 0.449 e. The number of aromatic nitrogens is 3. The molecule has 13 heteroatoms. The van der Waals surface area contributed by atoms with Crippen LogP contribution in [0.5, 0.6) is 0 Å². The number of anilines is 1. The number of nitrogens with zero attached hydrogens (tertiary/aromatic N) is 4. The predicted molar refractivity (Wildman–Crippen MR) is 209 cm³/mol. The molecule has 1 N–H and O–H groups in total. The van der Waals surface area contributed by atoms with Gasteiger partial charge in [0.1, 0.15) is 17.3 Å². The van der Waals surface area contributed by atoms with Gasteiger partial charge in [-0.05, 0) is 67.1 Å². The molecule has 2 aromatic heterocycles. The van der Waals surface area contributed by atoms with Crippen molar-refractivity contribution in [1.29, 1.82) is 0 Å². The molecule has 0 spiro atoms. The fourth-order valence-corrected chi connectivity index (χ4v) is 7.29. The second-order valence-electron chi connectivity index (χ2n) is 13.4. The Bertz CT molecular complexity index is 2230. The highest BCUT2D eigenvalue weighted by atomic mass is 32.2. The summed E-state index contributed by atoms with van der Waals surface area (Å²) < 4.78 is 51.4. The number of ketones is 1. The van der Waals surface area contributed by atoms with Crippen LogP contribution in [-0.4, -0.2) is 53.9 Å². The number of ether oxygens (including phenoxy) is 1. The monoisotopic (exact) mass is 767 g/mol. The number of amides is 2. The number of imidazole rings is 1. The molecule has 0 atom stereocenters. The molecule has 0 aliphatic heterocycles. The first-order valence-electron chi connectivity index (χ1n) is 18.4. The van der Waals surface area contributed by atoms with E-state index in [1.807, 2.05) is 62.7 Å². The highest BCUT2D eigenvalue weighted by Crippen LogP contribution is 2.30. The standard InChI is InChI=1S/C42H46FN5O6S/c1-5-12-39-45-36(6-2)40(37(49)21-25-47(33-13-8-7-9-14-33)41(50)30-19-23-44-24-20-30)48(39)28-32-18-17-31(27-35(32)43)34-15-10-11-16-38(34)55(52,53)46-42(51)54-26-22-29(3)4/h7-11,13-20,23-24,27,29H,5-6,12,21-22,25-26,28H2,1-4H3,(H,46,51). The van der Waals surface area contributed by atoms with E-state index in [1.54, 1.807) is 52.2 Å². The van der Waals surface area contributed by atoms with Crippen molar-refractivity contribution in [3.63, 3.8) is 0 Å². The van der Waals surface area contributed by atoms with E-state index in [4.69, 9.17) is 9.72 Å². The van der Waals surface area contributed by atoms with Crippen LogP contribution in [0.25, 0.3) is 11.1 Å². The van der Waals surface area contributed by atoms with Crippen molar-refractivity contribution >= 4 is 33.5 Å². The molecule has 0 aliphatic carbocycles. The lowest BCUT2D eigenvalue weighted by Gasteiger charge is -2.23. The first-order chi connectivity index (χ1) is 26.4. The zero-order chi connectivity index (χ0) is 39.5. The number of rotatable bonds is 17. The van der Waals surface area contributed by atoms with E-state index in [0.29, 0.717) is 47.7 Å². The molecular formula is C42H46FN5O6S. The van der Waals surface area contributed by atoms with Gasteiger partial charge in [-0.25, -0.2) is 27.3 Å². The van der Waals surface area contributed by atoms with E-state index < -0.39 is 21.9 Å². The fraction of sp³-hybridized carbons (Fsp3) is 0.310. The number of halogens is 1. The van der Waals surface area contributed by atoms with Crippen molar-refractivity contribution in [2.45, 2.75) is 71.2 Å².